The predicted octanol–water partition coefficient (Wildman–Crippen LogP) is 3.07. The molecule has 1 N–H and O–H groups in total. The average Bonchev–Trinajstić information content (AvgIpc) is 3.11. The Kier molecular flexibility index (Phi) is 2.53. The fourth-order valence-corrected chi connectivity index (χ4v) is 3.06. The van der Waals surface area contributed by atoms with Crippen LogP contribution >= 0.6 is 0 Å². The van der Waals surface area contributed by atoms with Crippen LogP contribution in [0.3, 0.4) is 0 Å². The van der Waals surface area contributed by atoms with E-state index in [2.05, 4.69) is 25.0 Å². The number of nitrogens with one attached hydrogen (secondary N) is 1. The fourth-order valence-electron chi connectivity index (χ4n) is 3.06. The van der Waals surface area contributed by atoms with Crippen LogP contribution in [0.5, 0.6) is 0 Å². The number of aromatic nitrogens is 6. The molecule has 0 aromatic carbocycles. The van der Waals surface area contributed by atoms with E-state index in [9.17, 15) is 4.39 Å². The first-order chi connectivity index (χ1) is 11.3. The molecule has 0 saturated heterocycles. The van der Waals surface area contributed by atoms with Gasteiger partial charge < -0.3 is 4.98 Å². The van der Waals surface area contributed by atoms with Gasteiger partial charge in [0.05, 0.1) is 0 Å². The molecule has 0 atom stereocenters. The van der Waals surface area contributed by atoms with E-state index < -0.39 is 5.82 Å². The highest BCUT2D eigenvalue weighted by Crippen LogP contribution is 2.35. The van der Waals surface area contributed by atoms with E-state index >= 15 is 0 Å². The van der Waals surface area contributed by atoms with Crippen molar-refractivity contribution >= 4 is 16.7 Å². The summed E-state index contributed by atoms with van der Waals surface area (Å²) < 4.78 is 15.6. The van der Waals surface area contributed by atoms with E-state index in [1.54, 1.807) is 6.20 Å². The molecule has 4 aromatic heterocycles. The molecular formula is C16H13FN6. The van der Waals surface area contributed by atoms with Crippen molar-refractivity contribution in [3.63, 3.8) is 0 Å². The van der Waals surface area contributed by atoms with Crippen LogP contribution in [0.1, 0.15) is 31.0 Å². The number of hydrogen-bond donors (Lipinski definition) is 1. The van der Waals surface area contributed by atoms with Gasteiger partial charge in [0.1, 0.15) is 17.8 Å². The van der Waals surface area contributed by atoms with E-state index in [0.29, 0.717) is 11.5 Å². The average molecular weight is 308 g/mol. The maximum absolute atomic E-state index is 14.1. The summed E-state index contributed by atoms with van der Waals surface area (Å²) in [4.78, 5) is 16.2. The normalized spacial score (nSPS) is 15.3. The highest BCUT2D eigenvalue weighted by Gasteiger charge is 2.23. The topological polar surface area (TPSA) is 71.8 Å². The van der Waals surface area contributed by atoms with Gasteiger partial charge in [0.2, 0.25) is 0 Å². The van der Waals surface area contributed by atoms with Crippen molar-refractivity contribution < 1.29 is 4.39 Å². The molecule has 1 fully saturated rings. The Balaban J connectivity index is 1.66. The molecule has 0 amide bonds. The highest BCUT2D eigenvalue weighted by molar-refractivity contribution is 5.93. The monoisotopic (exact) mass is 308 g/mol. The first-order valence-electron chi connectivity index (χ1n) is 7.63. The van der Waals surface area contributed by atoms with Crippen molar-refractivity contribution in [2.24, 2.45) is 0 Å². The van der Waals surface area contributed by atoms with Gasteiger partial charge in [-0.05, 0) is 18.9 Å². The van der Waals surface area contributed by atoms with Gasteiger partial charge >= 0.3 is 0 Å². The molecule has 0 radical (unpaired) electrons. The molecule has 4 heterocycles. The molecule has 0 aliphatic heterocycles. The van der Waals surface area contributed by atoms with E-state index in [1.807, 2.05) is 12.4 Å². The zero-order valence-corrected chi connectivity index (χ0v) is 12.2. The zero-order chi connectivity index (χ0) is 15.4. The minimum absolute atomic E-state index is 0.220. The summed E-state index contributed by atoms with van der Waals surface area (Å²) in [5.41, 5.74) is 2.58. The molecule has 1 aliphatic carbocycles. The fraction of sp³-hybridized carbons (Fsp3) is 0.250. The lowest BCUT2D eigenvalue weighted by molar-refractivity contribution is 0.402. The van der Waals surface area contributed by atoms with E-state index in [-0.39, 0.29) is 5.65 Å². The molecule has 0 unspecified atom stereocenters. The lowest BCUT2D eigenvalue weighted by Gasteiger charge is -2.23. The SMILES string of the molecule is Fc1cc(-c2c[nH]c3nc(C4CCC4)ncc23)cn2ncnc12. The molecular weight excluding hydrogens is 295 g/mol. The number of H-pyrrole nitrogens is 1. The Hall–Kier alpha value is -2.83. The number of rotatable bonds is 2. The second kappa shape index (κ2) is 4.58. The van der Waals surface area contributed by atoms with Gasteiger partial charge in [0.25, 0.3) is 0 Å². The second-order valence-corrected chi connectivity index (χ2v) is 5.93. The molecule has 7 heteroatoms. The zero-order valence-electron chi connectivity index (χ0n) is 12.2. The van der Waals surface area contributed by atoms with Gasteiger partial charge in [-0.25, -0.2) is 23.9 Å². The Bertz CT molecular complexity index is 1030. The first-order valence-corrected chi connectivity index (χ1v) is 7.63. The minimum Gasteiger partial charge on any atom is -0.345 e. The summed E-state index contributed by atoms with van der Waals surface area (Å²) in [6, 6.07) is 1.46. The predicted molar refractivity (Wildman–Crippen MR) is 82.4 cm³/mol. The first kappa shape index (κ1) is 12.7. The number of aromatic amines is 1. The maximum Gasteiger partial charge on any atom is 0.191 e. The molecule has 1 saturated carbocycles. The number of hydrogen-bond acceptors (Lipinski definition) is 4. The molecule has 1 aliphatic rings. The Morgan fingerprint density at radius 2 is 2.17 bits per heavy atom. The van der Waals surface area contributed by atoms with E-state index in [0.717, 1.165) is 35.3 Å². The number of nitrogens with zero attached hydrogens (tertiary/aromatic N) is 5. The Morgan fingerprint density at radius 3 is 3.00 bits per heavy atom. The molecule has 0 bridgehead atoms. The van der Waals surface area contributed by atoms with Gasteiger partial charge in [-0.2, -0.15) is 5.10 Å². The van der Waals surface area contributed by atoms with Crippen molar-refractivity contribution in [2.45, 2.75) is 25.2 Å². The van der Waals surface area contributed by atoms with Gasteiger partial charge in [0, 0.05) is 41.0 Å². The maximum atomic E-state index is 14.1. The van der Waals surface area contributed by atoms with Crippen molar-refractivity contribution in [3.05, 3.63) is 42.6 Å². The van der Waals surface area contributed by atoms with Crippen LogP contribution in [0.2, 0.25) is 0 Å². The Morgan fingerprint density at radius 1 is 1.26 bits per heavy atom. The van der Waals surface area contributed by atoms with Crippen LogP contribution < -0.4 is 0 Å². The van der Waals surface area contributed by atoms with Crippen LogP contribution in [-0.4, -0.2) is 29.5 Å². The third-order valence-electron chi connectivity index (χ3n) is 4.56. The lowest BCUT2D eigenvalue weighted by atomic mass is 9.85. The van der Waals surface area contributed by atoms with Crippen molar-refractivity contribution in [3.8, 4) is 11.1 Å². The quantitative estimate of drug-likeness (QED) is 0.617. The summed E-state index contributed by atoms with van der Waals surface area (Å²) in [5.74, 6) is 0.978. The van der Waals surface area contributed by atoms with Gasteiger partial charge in [-0.1, -0.05) is 6.42 Å². The van der Waals surface area contributed by atoms with Crippen LogP contribution in [0.4, 0.5) is 4.39 Å². The van der Waals surface area contributed by atoms with Gasteiger partial charge in [0.15, 0.2) is 11.5 Å². The highest BCUT2D eigenvalue weighted by atomic mass is 19.1. The number of fused-ring (bicyclic) bond motifs is 2. The largest absolute Gasteiger partial charge is 0.345 e. The summed E-state index contributed by atoms with van der Waals surface area (Å²) in [6.45, 7) is 0. The van der Waals surface area contributed by atoms with Crippen molar-refractivity contribution in [1.82, 2.24) is 29.5 Å². The third kappa shape index (κ3) is 1.86. The molecule has 0 spiro atoms. The molecule has 4 aromatic rings. The summed E-state index contributed by atoms with van der Waals surface area (Å²) in [7, 11) is 0. The molecule has 114 valence electrons. The lowest BCUT2D eigenvalue weighted by Crippen LogP contribution is -2.12. The Labute approximate surface area is 130 Å². The summed E-state index contributed by atoms with van der Waals surface area (Å²) in [6.07, 6.45) is 10.3. The van der Waals surface area contributed by atoms with Gasteiger partial charge in [-0.15, -0.1) is 0 Å². The van der Waals surface area contributed by atoms with Crippen LogP contribution in [-0.2, 0) is 0 Å². The van der Waals surface area contributed by atoms with Crippen LogP contribution in [0, 0.1) is 5.82 Å². The summed E-state index contributed by atoms with van der Waals surface area (Å²) in [5, 5.41) is 4.89. The number of halogens is 1. The van der Waals surface area contributed by atoms with E-state index in [1.165, 1.54) is 23.3 Å². The third-order valence-corrected chi connectivity index (χ3v) is 4.56. The molecule has 5 rings (SSSR count). The van der Waals surface area contributed by atoms with Crippen LogP contribution in [0.15, 0.2) is 31.0 Å². The van der Waals surface area contributed by atoms with Crippen LogP contribution in [0.25, 0.3) is 27.8 Å². The van der Waals surface area contributed by atoms with Crippen molar-refractivity contribution in [2.75, 3.05) is 0 Å². The molecule has 23 heavy (non-hydrogen) atoms. The standard InChI is InChI=1S/C16H13FN6/c17-13-4-10(7-23-16(13)20-8-21-23)11-5-19-15-12(11)6-18-14(22-15)9-2-1-3-9/h4-9H,1-3H2,(H,18,19,22). The second-order valence-electron chi connectivity index (χ2n) is 5.93. The van der Waals surface area contributed by atoms with Crippen molar-refractivity contribution in [1.29, 1.82) is 0 Å². The van der Waals surface area contributed by atoms with Gasteiger partial charge in [-0.3, -0.25) is 0 Å². The molecule has 6 nitrogen and oxygen atoms in total. The van der Waals surface area contributed by atoms with E-state index in [4.69, 9.17) is 0 Å². The smallest absolute Gasteiger partial charge is 0.191 e. The summed E-state index contributed by atoms with van der Waals surface area (Å²) >= 11 is 0. The number of pyridine rings is 1. The minimum atomic E-state index is -0.402.